The number of alkyl halides is 3. The first-order valence-corrected chi connectivity index (χ1v) is 7.22. The Balaban J connectivity index is 2.32. The van der Waals surface area contributed by atoms with Crippen LogP contribution in [0.25, 0.3) is 0 Å². The van der Waals surface area contributed by atoms with Crippen LogP contribution in [-0.2, 0) is 16.2 Å². The summed E-state index contributed by atoms with van der Waals surface area (Å²) in [5.41, 5.74) is -0.406. The van der Waals surface area contributed by atoms with Gasteiger partial charge >= 0.3 is 6.18 Å². The van der Waals surface area contributed by atoms with E-state index in [1.165, 1.54) is 6.92 Å². The van der Waals surface area contributed by atoms with Crippen LogP contribution in [0.3, 0.4) is 0 Å². The Bertz CT molecular complexity index is 730. The van der Waals surface area contributed by atoms with E-state index in [0.29, 0.717) is 17.8 Å². The lowest BCUT2D eigenvalue weighted by Crippen LogP contribution is -2.14. The minimum Gasteiger partial charge on any atom is -0.359 e. The van der Waals surface area contributed by atoms with Gasteiger partial charge in [0.15, 0.2) is 5.76 Å². The molecule has 0 spiro atoms. The molecule has 0 radical (unpaired) electrons. The third-order valence-electron chi connectivity index (χ3n) is 2.76. The maximum absolute atomic E-state index is 12.4. The minimum absolute atomic E-state index is 0.176. The number of aryl methyl sites for hydroxylation is 2. The van der Waals surface area contributed by atoms with E-state index in [9.17, 15) is 21.6 Å². The molecule has 21 heavy (non-hydrogen) atoms. The van der Waals surface area contributed by atoms with Gasteiger partial charge in [-0.25, -0.2) is 8.42 Å². The number of nitrogens with zero attached hydrogens (tertiary/aromatic N) is 1. The normalized spacial score (nSPS) is 12.4. The van der Waals surface area contributed by atoms with Gasteiger partial charge in [0.1, 0.15) is 11.4 Å². The molecule has 0 aliphatic rings. The van der Waals surface area contributed by atoms with Crippen molar-refractivity contribution in [3.05, 3.63) is 41.3 Å². The van der Waals surface area contributed by atoms with E-state index in [1.54, 1.807) is 6.92 Å². The van der Waals surface area contributed by atoms with Crippen molar-refractivity contribution in [3.63, 3.8) is 0 Å². The second-order valence-corrected chi connectivity index (χ2v) is 6.01. The molecule has 114 valence electrons. The molecule has 1 N–H and O–H groups in total. The predicted molar refractivity (Wildman–Crippen MR) is 68.2 cm³/mol. The van der Waals surface area contributed by atoms with Crippen molar-refractivity contribution in [2.75, 3.05) is 4.72 Å². The van der Waals surface area contributed by atoms with E-state index < -0.39 is 21.8 Å². The van der Waals surface area contributed by atoms with Crippen molar-refractivity contribution in [1.82, 2.24) is 5.16 Å². The van der Waals surface area contributed by atoms with Gasteiger partial charge in [-0.05, 0) is 38.1 Å². The van der Waals surface area contributed by atoms with Crippen LogP contribution < -0.4 is 4.72 Å². The fourth-order valence-electron chi connectivity index (χ4n) is 1.65. The van der Waals surface area contributed by atoms with Gasteiger partial charge in [-0.2, -0.15) is 13.2 Å². The molecule has 2 aromatic rings. The van der Waals surface area contributed by atoms with Gasteiger partial charge in [0.25, 0.3) is 10.0 Å². The van der Waals surface area contributed by atoms with Gasteiger partial charge in [-0.3, -0.25) is 4.72 Å². The van der Waals surface area contributed by atoms with Crippen LogP contribution in [0, 0.1) is 13.8 Å². The Hall–Kier alpha value is -2.03. The standard InChI is InChI=1S/C12H11F3N2O3S/c1-7-11(8(2)20-16-7)17-21(18,19)10-5-3-9(4-6-10)12(13,14)15/h3-6,17H,1-2H3. The van der Waals surface area contributed by atoms with E-state index in [2.05, 4.69) is 9.88 Å². The monoisotopic (exact) mass is 320 g/mol. The molecular weight excluding hydrogens is 309 g/mol. The number of anilines is 1. The summed E-state index contributed by atoms with van der Waals surface area (Å²) in [7, 11) is -4.01. The quantitative estimate of drug-likeness (QED) is 0.943. The van der Waals surface area contributed by atoms with Crippen molar-refractivity contribution >= 4 is 15.7 Å². The molecule has 1 heterocycles. The summed E-state index contributed by atoms with van der Waals surface area (Å²) in [6.07, 6.45) is -4.52. The third-order valence-corrected chi connectivity index (χ3v) is 4.13. The molecule has 9 heteroatoms. The summed E-state index contributed by atoms with van der Waals surface area (Å²) in [5, 5.41) is 3.59. The number of sulfonamides is 1. The smallest absolute Gasteiger partial charge is 0.359 e. The molecule has 0 atom stereocenters. The van der Waals surface area contributed by atoms with Gasteiger partial charge in [-0.15, -0.1) is 0 Å². The number of hydrogen-bond acceptors (Lipinski definition) is 4. The molecule has 5 nitrogen and oxygen atoms in total. The van der Waals surface area contributed by atoms with Crippen molar-refractivity contribution in [1.29, 1.82) is 0 Å². The highest BCUT2D eigenvalue weighted by molar-refractivity contribution is 7.92. The SMILES string of the molecule is Cc1noc(C)c1NS(=O)(=O)c1ccc(C(F)(F)F)cc1. The van der Waals surface area contributed by atoms with Gasteiger partial charge in [-0.1, -0.05) is 5.16 Å². The van der Waals surface area contributed by atoms with Gasteiger partial charge < -0.3 is 4.52 Å². The highest BCUT2D eigenvalue weighted by Crippen LogP contribution is 2.30. The molecule has 0 bridgehead atoms. The summed E-state index contributed by atoms with van der Waals surface area (Å²) < 4.78 is 68.6. The zero-order valence-corrected chi connectivity index (χ0v) is 11.8. The molecule has 0 aliphatic carbocycles. The molecule has 0 saturated carbocycles. The van der Waals surface area contributed by atoms with E-state index in [-0.39, 0.29) is 16.3 Å². The van der Waals surface area contributed by atoms with Gasteiger partial charge in [0.2, 0.25) is 0 Å². The van der Waals surface area contributed by atoms with Crippen LogP contribution in [0.5, 0.6) is 0 Å². The van der Waals surface area contributed by atoms with Crippen molar-refractivity contribution in [2.45, 2.75) is 24.9 Å². The highest BCUT2D eigenvalue weighted by atomic mass is 32.2. The summed E-state index contributed by atoms with van der Waals surface area (Å²) in [6.45, 7) is 3.06. The third kappa shape index (κ3) is 3.18. The number of hydrogen-bond donors (Lipinski definition) is 1. The molecule has 1 aromatic heterocycles. The average Bonchev–Trinajstić information content (AvgIpc) is 2.69. The van der Waals surface area contributed by atoms with E-state index in [4.69, 9.17) is 4.52 Å². The topological polar surface area (TPSA) is 72.2 Å². The summed E-state index contributed by atoms with van der Waals surface area (Å²) in [6, 6.07) is 3.20. The second-order valence-electron chi connectivity index (χ2n) is 4.33. The molecular formula is C12H11F3N2O3S. The van der Waals surface area contributed by atoms with Crippen molar-refractivity contribution < 1.29 is 26.1 Å². The number of benzene rings is 1. The Morgan fingerprint density at radius 3 is 2.14 bits per heavy atom. The maximum atomic E-state index is 12.4. The lowest BCUT2D eigenvalue weighted by atomic mass is 10.2. The predicted octanol–water partition coefficient (Wildman–Crippen LogP) is 3.11. The van der Waals surface area contributed by atoms with Crippen LogP contribution in [0.4, 0.5) is 18.9 Å². The number of halogens is 3. The summed E-state index contributed by atoms with van der Waals surface area (Å²) in [4.78, 5) is -0.282. The van der Waals surface area contributed by atoms with Crippen LogP contribution >= 0.6 is 0 Å². The number of nitrogens with one attached hydrogen (secondary N) is 1. The Morgan fingerprint density at radius 1 is 1.14 bits per heavy atom. The molecule has 0 saturated heterocycles. The maximum Gasteiger partial charge on any atom is 0.416 e. The van der Waals surface area contributed by atoms with E-state index in [0.717, 1.165) is 12.1 Å². The zero-order chi connectivity index (χ0) is 15.8. The van der Waals surface area contributed by atoms with Crippen LogP contribution in [0.15, 0.2) is 33.7 Å². The summed E-state index contributed by atoms with van der Waals surface area (Å²) >= 11 is 0. The van der Waals surface area contributed by atoms with Gasteiger partial charge in [0.05, 0.1) is 10.5 Å². The highest BCUT2D eigenvalue weighted by Gasteiger charge is 2.30. The molecule has 0 aliphatic heterocycles. The van der Waals surface area contributed by atoms with Crippen molar-refractivity contribution in [3.8, 4) is 0 Å². The molecule has 2 rings (SSSR count). The fraction of sp³-hybridized carbons (Fsp3) is 0.250. The first-order chi connectivity index (χ1) is 9.61. The zero-order valence-electron chi connectivity index (χ0n) is 11.0. The second kappa shape index (κ2) is 5.06. The van der Waals surface area contributed by atoms with E-state index >= 15 is 0 Å². The Kier molecular flexibility index (Phi) is 3.70. The first kappa shape index (κ1) is 15.4. The first-order valence-electron chi connectivity index (χ1n) is 5.74. The van der Waals surface area contributed by atoms with Crippen LogP contribution in [0.1, 0.15) is 17.0 Å². The molecule has 0 amide bonds. The minimum atomic E-state index is -4.52. The molecule has 1 aromatic carbocycles. The van der Waals surface area contributed by atoms with Crippen LogP contribution in [-0.4, -0.2) is 13.6 Å². The largest absolute Gasteiger partial charge is 0.416 e. The average molecular weight is 320 g/mol. The number of rotatable bonds is 3. The van der Waals surface area contributed by atoms with Gasteiger partial charge in [0, 0.05) is 0 Å². The number of aromatic nitrogens is 1. The van der Waals surface area contributed by atoms with E-state index in [1.807, 2.05) is 0 Å². The lowest BCUT2D eigenvalue weighted by molar-refractivity contribution is -0.137. The molecule has 0 unspecified atom stereocenters. The lowest BCUT2D eigenvalue weighted by Gasteiger charge is -2.09. The van der Waals surface area contributed by atoms with Crippen LogP contribution in [0.2, 0.25) is 0 Å². The van der Waals surface area contributed by atoms with Crippen molar-refractivity contribution in [2.24, 2.45) is 0 Å². The Morgan fingerprint density at radius 2 is 1.71 bits per heavy atom. The Labute approximate surface area is 118 Å². The summed E-state index contributed by atoms with van der Waals surface area (Å²) in [5.74, 6) is 0.267. The fourth-order valence-corrected chi connectivity index (χ4v) is 2.82. The molecule has 0 fully saturated rings.